The highest BCUT2D eigenvalue weighted by molar-refractivity contribution is 5.86. The molecule has 33 heavy (non-hydrogen) atoms. The van der Waals surface area contributed by atoms with Crippen molar-refractivity contribution in [2.45, 2.75) is 57.3 Å². The van der Waals surface area contributed by atoms with Crippen LogP contribution in [0.1, 0.15) is 51.3 Å². The predicted octanol–water partition coefficient (Wildman–Crippen LogP) is 4.77. The number of alkyl halides is 3. The zero-order valence-corrected chi connectivity index (χ0v) is 18.1. The van der Waals surface area contributed by atoms with E-state index in [2.05, 4.69) is 19.9 Å². The minimum absolute atomic E-state index is 0.104. The van der Waals surface area contributed by atoms with E-state index in [1.54, 1.807) is 13.0 Å². The molecule has 3 rings (SSSR count). The van der Waals surface area contributed by atoms with Crippen molar-refractivity contribution in [2.75, 3.05) is 0 Å². The molecule has 0 bridgehead atoms. The van der Waals surface area contributed by atoms with Gasteiger partial charge in [-0.15, -0.1) is 0 Å². The number of H-pyrrole nitrogens is 1. The van der Waals surface area contributed by atoms with Crippen LogP contribution in [-0.2, 0) is 20.1 Å². The van der Waals surface area contributed by atoms with Gasteiger partial charge in [-0.25, -0.2) is 9.78 Å². The first-order valence-corrected chi connectivity index (χ1v) is 10.6. The molecular formula is C23H25F3N4O3. The van der Waals surface area contributed by atoms with Crippen LogP contribution in [0.5, 0.6) is 0 Å². The fourth-order valence-corrected chi connectivity index (χ4v) is 3.41. The summed E-state index contributed by atoms with van der Waals surface area (Å²) in [7, 11) is 0. The first-order chi connectivity index (χ1) is 15.6. The lowest BCUT2D eigenvalue weighted by atomic mass is 10.0. The summed E-state index contributed by atoms with van der Waals surface area (Å²) in [4.78, 5) is 27.2. The fourth-order valence-electron chi connectivity index (χ4n) is 3.41. The summed E-state index contributed by atoms with van der Waals surface area (Å²) in [6, 6.07) is 13.1. The van der Waals surface area contributed by atoms with Gasteiger partial charge >= 0.3 is 12.1 Å². The summed E-state index contributed by atoms with van der Waals surface area (Å²) in [6.07, 6.45) is -3.11. The highest BCUT2D eigenvalue weighted by atomic mass is 19.4. The molecule has 0 fully saturated rings. The maximum absolute atomic E-state index is 12.9. The van der Waals surface area contributed by atoms with E-state index < -0.39 is 17.9 Å². The van der Waals surface area contributed by atoms with Crippen molar-refractivity contribution in [1.82, 2.24) is 15.2 Å². The molecule has 1 heterocycles. The number of ether oxygens (including phenoxy) is 1. The number of aromatic amines is 1. The zero-order chi connectivity index (χ0) is 24.1. The molecule has 0 saturated carbocycles. The molecule has 2 aromatic carbocycles. The van der Waals surface area contributed by atoms with E-state index in [9.17, 15) is 22.8 Å². The maximum atomic E-state index is 12.9. The van der Waals surface area contributed by atoms with Crippen LogP contribution >= 0.6 is 0 Å². The summed E-state index contributed by atoms with van der Waals surface area (Å²) in [5.74, 6) is -2.28. The van der Waals surface area contributed by atoms with E-state index >= 15 is 0 Å². The van der Waals surface area contributed by atoms with Crippen molar-refractivity contribution in [3.05, 3.63) is 48.3 Å². The largest absolute Gasteiger partial charge is 0.491 e. The monoisotopic (exact) mass is 462 g/mol. The van der Waals surface area contributed by atoms with Gasteiger partial charge in [0, 0.05) is 24.8 Å². The van der Waals surface area contributed by atoms with Gasteiger partial charge in [0.25, 0.3) is 0 Å². The van der Waals surface area contributed by atoms with E-state index in [-0.39, 0.29) is 23.9 Å². The summed E-state index contributed by atoms with van der Waals surface area (Å²) in [6.45, 7) is 1.76. The minimum atomic E-state index is -5.21. The first kappa shape index (κ1) is 24.4. The van der Waals surface area contributed by atoms with Crippen molar-refractivity contribution in [3.63, 3.8) is 0 Å². The van der Waals surface area contributed by atoms with Crippen LogP contribution in [0.4, 0.5) is 13.2 Å². The van der Waals surface area contributed by atoms with Gasteiger partial charge in [-0.05, 0) is 29.7 Å². The number of benzene rings is 2. The van der Waals surface area contributed by atoms with Crippen LogP contribution in [0.3, 0.4) is 0 Å². The van der Waals surface area contributed by atoms with E-state index in [1.807, 2.05) is 36.4 Å². The number of hydrogen-bond acceptors (Lipinski definition) is 6. The number of rotatable bonds is 10. The molecule has 1 atom stereocenters. The molecule has 10 heteroatoms. The third kappa shape index (κ3) is 6.16. The molecule has 0 spiro atoms. The second kappa shape index (κ2) is 10.1. The molecule has 0 aliphatic carbocycles. The Hall–Kier alpha value is -3.27. The summed E-state index contributed by atoms with van der Waals surface area (Å²) < 4.78 is 43.3. The van der Waals surface area contributed by atoms with Gasteiger partial charge in [-0.2, -0.15) is 18.3 Å². The van der Waals surface area contributed by atoms with Gasteiger partial charge < -0.3 is 4.74 Å². The maximum Gasteiger partial charge on any atom is 0.491 e. The molecule has 1 aromatic heterocycles. The molecule has 0 amide bonds. The lowest BCUT2D eigenvalue weighted by molar-refractivity contribution is -0.216. The third-order valence-electron chi connectivity index (χ3n) is 5.30. The minimum Gasteiger partial charge on any atom is -0.430 e. The number of carbonyl (C=O) groups excluding carboxylic acids is 2. The first-order valence-electron chi connectivity index (χ1n) is 10.6. The lowest BCUT2D eigenvalue weighted by Gasteiger charge is -2.27. The highest BCUT2D eigenvalue weighted by Crippen LogP contribution is 2.30. The van der Waals surface area contributed by atoms with Crippen LogP contribution in [0.2, 0.25) is 0 Å². The van der Waals surface area contributed by atoms with Gasteiger partial charge in [0.15, 0.2) is 11.6 Å². The second-order valence-corrected chi connectivity index (χ2v) is 7.80. The van der Waals surface area contributed by atoms with Crippen LogP contribution < -0.4 is 5.73 Å². The summed E-state index contributed by atoms with van der Waals surface area (Å²) >= 11 is 0. The number of nitrogens with one attached hydrogen (secondary N) is 1. The summed E-state index contributed by atoms with van der Waals surface area (Å²) in [5, 5.41) is 8.55. The van der Waals surface area contributed by atoms with Crippen molar-refractivity contribution in [3.8, 4) is 11.4 Å². The Morgan fingerprint density at radius 1 is 1.06 bits per heavy atom. The number of ketones is 1. The van der Waals surface area contributed by atoms with Crippen molar-refractivity contribution in [2.24, 2.45) is 5.73 Å². The number of Topliss-reactive ketones (excluding diaryl/α,β-unsaturated/α-hetero) is 1. The molecule has 0 radical (unpaired) electrons. The molecule has 0 aliphatic rings. The number of fused-ring (bicyclic) bond motifs is 1. The lowest BCUT2D eigenvalue weighted by Crippen LogP contribution is -2.45. The number of carbonyl (C=O) groups is 2. The molecule has 7 nitrogen and oxygen atoms in total. The highest BCUT2D eigenvalue weighted by Gasteiger charge is 2.47. The average molecular weight is 462 g/mol. The standard InChI is InChI=1S/C23H25F3N4O3/c1-2-18(31)10-4-3-7-13-22(27,33-21(32)23(24,25)26)20-28-19(29-30-20)17-12-11-15-8-5-6-9-16(15)14-17/h5-6,8-9,11-12,14H,2-4,7,10,13,27H2,1H3,(H,28,29,30)/t22-/m0/s1. The quantitative estimate of drug-likeness (QED) is 0.255. The number of aromatic nitrogens is 3. The summed E-state index contributed by atoms with van der Waals surface area (Å²) in [5.41, 5.74) is 4.60. The Morgan fingerprint density at radius 3 is 2.48 bits per heavy atom. The number of nitrogens with two attached hydrogens (primary N) is 1. The smallest absolute Gasteiger partial charge is 0.430 e. The normalized spacial score (nSPS) is 13.6. The Morgan fingerprint density at radius 2 is 1.79 bits per heavy atom. The molecule has 176 valence electrons. The third-order valence-corrected chi connectivity index (χ3v) is 5.30. The van der Waals surface area contributed by atoms with Crippen LogP contribution in [0, 0.1) is 0 Å². The van der Waals surface area contributed by atoms with Gasteiger partial charge in [0.05, 0.1) is 0 Å². The predicted molar refractivity (Wildman–Crippen MR) is 116 cm³/mol. The number of unbranched alkanes of at least 4 members (excludes halogenated alkanes) is 2. The Kier molecular flexibility index (Phi) is 7.47. The fraction of sp³-hybridized carbons (Fsp3) is 0.391. The van der Waals surface area contributed by atoms with Crippen LogP contribution in [0.25, 0.3) is 22.2 Å². The Labute approximate surface area is 188 Å². The van der Waals surface area contributed by atoms with Crippen molar-refractivity contribution < 1.29 is 27.5 Å². The number of esters is 1. The molecule has 3 N–H and O–H groups in total. The molecule has 0 aliphatic heterocycles. The van der Waals surface area contributed by atoms with E-state index in [1.165, 1.54) is 0 Å². The topological polar surface area (TPSA) is 111 Å². The van der Waals surface area contributed by atoms with Crippen molar-refractivity contribution >= 4 is 22.5 Å². The van der Waals surface area contributed by atoms with E-state index in [0.29, 0.717) is 37.7 Å². The number of halogens is 3. The van der Waals surface area contributed by atoms with Crippen LogP contribution in [-0.4, -0.2) is 33.1 Å². The number of nitrogens with zero attached hydrogens (tertiary/aromatic N) is 2. The van der Waals surface area contributed by atoms with Gasteiger partial charge in [-0.1, -0.05) is 49.7 Å². The Bertz CT molecular complexity index is 1130. The zero-order valence-electron chi connectivity index (χ0n) is 18.1. The van der Waals surface area contributed by atoms with Gasteiger partial charge in [0.2, 0.25) is 5.72 Å². The van der Waals surface area contributed by atoms with Crippen LogP contribution in [0.15, 0.2) is 42.5 Å². The van der Waals surface area contributed by atoms with Gasteiger partial charge in [-0.3, -0.25) is 15.6 Å². The Balaban J connectivity index is 1.81. The van der Waals surface area contributed by atoms with Gasteiger partial charge in [0.1, 0.15) is 5.78 Å². The molecule has 3 aromatic rings. The number of hydrogen-bond donors (Lipinski definition) is 2. The van der Waals surface area contributed by atoms with E-state index in [0.717, 1.165) is 10.8 Å². The van der Waals surface area contributed by atoms with E-state index in [4.69, 9.17) is 5.73 Å². The molecule has 0 unspecified atom stereocenters. The second-order valence-electron chi connectivity index (χ2n) is 7.80. The molecule has 0 saturated heterocycles. The molecular weight excluding hydrogens is 437 g/mol. The van der Waals surface area contributed by atoms with Crippen molar-refractivity contribution in [1.29, 1.82) is 0 Å². The SMILES string of the molecule is CCC(=O)CCCCC[C@](N)(OC(=O)C(F)(F)F)c1nc(-c2ccc3ccccc3c2)n[nH]1. The average Bonchev–Trinajstić information content (AvgIpc) is 3.29.